The summed E-state index contributed by atoms with van der Waals surface area (Å²) in [5, 5.41) is 23.6. The van der Waals surface area contributed by atoms with Crippen molar-refractivity contribution in [2.24, 2.45) is 5.92 Å². The third kappa shape index (κ3) is 3.12. The van der Waals surface area contributed by atoms with E-state index in [1.165, 1.54) is 4.90 Å². The van der Waals surface area contributed by atoms with Gasteiger partial charge >= 0.3 is 12.0 Å². The molecule has 1 aliphatic rings. The number of carboxylic acids is 1. The molecule has 23 heavy (non-hydrogen) atoms. The maximum Gasteiger partial charge on any atom is 0.326 e. The van der Waals surface area contributed by atoms with E-state index >= 15 is 0 Å². The van der Waals surface area contributed by atoms with E-state index in [9.17, 15) is 14.7 Å². The molecule has 1 atom stereocenters. The average Bonchev–Trinajstić information content (AvgIpc) is 2.89. The summed E-state index contributed by atoms with van der Waals surface area (Å²) in [5.41, 5.74) is 0.914. The number of benzene rings is 1. The van der Waals surface area contributed by atoms with E-state index < -0.39 is 18.0 Å². The third-order valence-electron chi connectivity index (χ3n) is 3.93. The molecule has 1 aromatic carbocycles. The second-order valence-corrected chi connectivity index (χ2v) is 6.44. The smallest absolute Gasteiger partial charge is 0.326 e. The number of rotatable bonds is 4. The molecule has 0 spiro atoms. The molecule has 1 aromatic heterocycles. The number of thiophene rings is 1. The first kappa shape index (κ1) is 15.3. The Bertz CT molecular complexity index is 789. The highest BCUT2D eigenvalue weighted by molar-refractivity contribution is 7.17. The number of urea groups is 1. The molecule has 6 nitrogen and oxygen atoms in total. The molecule has 1 unspecified atom stereocenters. The Morgan fingerprint density at radius 3 is 2.87 bits per heavy atom. The summed E-state index contributed by atoms with van der Waals surface area (Å²) in [6.45, 7) is 0.714. The van der Waals surface area contributed by atoms with E-state index in [0.717, 1.165) is 15.6 Å². The van der Waals surface area contributed by atoms with Gasteiger partial charge in [-0.05, 0) is 22.4 Å². The van der Waals surface area contributed by atoms with Crippen LogP contribution in [0.2, 0.25) is 0 Å². The van der Waals surface area contributed by atoms with Crippen LogP contribution in [0.5, 0.6) is 0 Å². The van der Waals surface area contributed by atoms with Crippen molar-refractivity contribution in [3.05, 3.63) is 35.2 Å². The van der Waals surface area contributed by atoms with Gasteiger partial charge in [0.25, 0.3) is 0 Å². The number of hydrogen-bond acceptors (Lipinski definition) is 4. The molecular weight excluding hydrogens is 314 g/mol. The highest BCUT2D eigenvalue weighted by atomic mass is 32.1. The van der Waals surface area contributed by atoms with Crippen molar-refractivity contribution in [2.45, 2.75) is 12.5 Å². The van der Waals surface area contributed by atoms with Gasteiger partial charge in [0.2, 0.25) is 0 Å². The summed E-state index contributed by atoms with van der Waals surface area (Å²) >= 11 is 1.56. The minimum absolute atomic E-state index is 0.148. The molecule has 1 aliphatic heterocycles. The summed E-state index contributed by atoms with van der Waals surface area (Å²) in [6.07, 6.45) is 0.237. The number of carbonyl (C=O) groups is 2. The molecular formula is C16H15N3O3S. The summed E-state index contributed by atoms with van der Waals surface area (Å²) in [6, 6.07) is 8.46. The van der Waals surface area contributed by atoms with E-state index in [1.807, 2.05) is 29.6 Å². The van der Waals surface area contributed by atoms with E-state index in [1.54, 1.807) is 11.3 Å². The van der Waals surface area contributed by atoms with Gasteiger partial charge in [0.1, 0.15) is 6.04 Å². The predicted molar refractivity (Wildman–Crippen MR) is 86.2 cm³/mol. The molecule has 7 heteroatoms. The average molecular weight is 329 g/mol. The van der Waals surface area contributed by atoms with Gasteiger partial charge in [-0.2, -0.15) is 5.26 Å². The van der Waals surface area contributed by atoms with E-state index in [-0.39, 0.29) is 12.3 Å². The molecule has 0 saturated carbocycles. The fourth-order valence-corrected chi connectivity index (χ4v) is 3.55. The zero-order valence-electron chi connectivity index (χ0n) is 12.2. The Morgan fingerprint density at radius 1 is 1.43 bits per heavy atom. The summed E-state index contributed by atoms with van der Waals surface area (Å²) in [7, 11) is 0. The van der Waals surface area contributed by atoms with Gasteiger partial charge in [0, 0.05) is 24.2 Å². The lowest BCUT2D eigenvalue weighted by Crippen LogP contribution is -2.56. The lowest BCUT2D eigenvalue weighted by molar-refractivity contribution is -0.139. The van der Waals surface area contributed by atoms with Crippen molar-refractivity contribution in [2.75, 3.05) is 13.1 Å². The number of nitrogens with zero attached hydrogens (tertiary/aromatic N) is 2. The van der Waals surface area contributed by atoms with Crippen LogP contribution in [0.15, 0.2) is 29.6 Å². The van der Waals surface area contributed by atoms with Gasteiger partial charge in [0.05, 0.1) is 12.0 Å². The Balaban J connectivity index is 1.69. The molecule has 2 amide bonds. The SMILES string of the molecule is N#CC1CN(C(=O)NC(Cc2csc3ccccc23)C(=O)O)C1. The molecule has 2 N–H and O–H groups in total. The van der Waals surface area contributed by atoms with E-state index in [4.69, 9.17) is 5.26 Å². The van der Waals surface area contributed by atoms with Crippen LogP contribution in [0.1, 0.15) is 5.56 Å². The lowest BCUT2D eigenvalue weighted by atomic mass is 10.0. The summed E-state index contributed by atoms with van der Waals surface area (Å²) in [5.74, 6) is -1.21. The van der Waals surface area contributed by atoms with Crippen LogP contribution >= 0.6 is 11.3 Å². The number of nitriles is 1. The summed E-state index contributed by atoms with van der Waals surface area (Å²) < 4.78 is 1.09. The van der Waals surface area contributed by atoms with Gasteiger partial charge in [0.15, 0.2) is 0 Å². The highest BCUT2D eigenvalue weighted by Crippen LogP contribution is 2.26. The minimum Gasteiger partial charge on any atom is -0.480 e. The van der Waals surface area contributed by atoms with Crippen LogP contribution in [-0.4, -0.2) is 41.1 Å². The van der Waals surface area contributed by atoms with Crippen molar-refractivity contribution in [1.29, 1.82) is 5.26 Å². The maximum absolute atomic E-state index is 12.0. The molecule has 1 saturated heterocycles. The van der Waals surface area contributed by atoms with Crippen LogP contribution in [0.4, 0.5) is 4.79 Å². The number of aliphatic carboxylic acids is 1. The Morgan fingerprint density at radius 2 is 2.17 bits per heavy atom. The van der Waals surface area contributed by atoms with Crippen LogP contribution in [0, 0.1) is 17.2 Å². The molecule has 0 bridgehead atoms. The second kappa shape index (κ2) is 6.26. The van der Waals surface area contributed by atoms with Gasteiger partial charge in [-0.1, -0.05) is 18.2 Å². The van der Waals surface area contributed by atoms with Gasteiger partial charge in [-0.15, -0.1) is 11.3 Å². The Hall–Kier alpha value is -2.59. The number of fused-ring (bicyclic) bond motifs is 1. The number of hydrogen-bond donors (Lipinski definition) is 2. The Kier molecular flexibility index (Phi) is 4.17. The first-order valence-electron chi connectivity index (χ1n) is 7.21. The molecule has 2 aromatic rings. The second-order valence-electron chi connectivity index (χ2n) is 5.53. The van der Waals surface area contributed by atoms with Crippen LogP contribution < -0.4 is 5.32 Å². The fourth-order valence-electron chi connectivity index (χ4n) is 2.58. The van der Waals surface area contributed by atoms with Crippen molar-refractivity contribution < 1.29 is 14.7 Å². The topological polar surface area (TPSA) is 93.4 Å². The van der Waals surface area contributed by atoms with Crippen molar-refractivity contribution in [3.63, 3.8) is 0 Å². The van der Waals surface area contributed by atoms with E-state index in [0.29, 0.717) is 13.1 Å². The van der Waals surface area contributed by atoms with Gasteiger partial charge < -0.3 is 15.3 Å². The number of amides is 2. The van der Waals surface area contributed by atoms with Crippen molar-refractivity contribution in [3.8, 4) is 6.07 Å². The number of carboxylic acid groups (broad SMARTS) is 1. The molecule has 118 valence electrons. The van der Waals surface area contributed by atoms with Crippen LogP contribution in [0.3, 0.4) is 0 Å². The molecule has 0 radical (unpaired) electrons. The number of carbonyl (C=O) groups excluding carboxylic acids is 1. The normalized spacial score (nSPS) is 15.7. The molecule has 1 fully saturated rings. The third-order valence-corrected chi connectivity index (χ3v) is 4.94. The number of nitrogens with one attached hydrogen (secondary N) is 1. The predicted octanol–water partition coefficient (Wildman–Crippen LogP) is 2.06. The van der Waals surface area contributed by atoms with Crippen molar-refractivity contribution >= 4 is 33.4 Å². The highest BCUT2D eigenvalue weighted by Gasteiger charge is 2.32. The zero-order chi connectivity index (χ0) is 16.4. The van der Waals surface area contributed by atoms with E-state index in [2.05, 4.69) is 11.4 Å². The molecule has 3 rings (SSSR count). The van der Waals surface area contributed by atoms with Crippen LogP contribution in [0.25, 0.3) is 10.1 Å². The lowest BCUT2D eigenvalue weighted by Gasteiger charge is -2.35. The Labute approximate surface area is 136 Å². The zero-order valence-corrected chi connectivity index (χ0v) is 13.0. The molecule has 0 aliphatic carbocycles. The van der Waals surface area contributed by atoms with Crippen LogP contribution in [-0.2, 0) is 11.2 Å². The monoisotopic (exact) mass is 329 g/mol. The maximum atomic E-state index is 12.0. The van der Waals surface area contributed by atoms with Gasteiger partial charge in [-0.3, -0.25) is 0 Å². The minimum atomic E-state index is -1.06. The number of likely N-dealkylation sites (tertiary alicyclic amines) is 1. The first-order valence-corrected chi connectivity index (χ1v) is 8.09. The largest absolute Gasteiger partial charge is 0.480 e. The van der Waals surface area contributed by atoms with Crippen molar-refractivity contribution in [1.82, 2.24) is 10.2 Å². The van der Waals surface area contributed by atoms with Gasteiger partial charge in [-0.25, -0.2) is 9.59 Å². The summed E-state index contributed by atoms with van der Waals surface area (Å²) in [4.78, 5) is 25.0. The quantitative estimate of drug-likeness (QED) is 0.898. The fraction of sp³-hybridized carbons (Fsp3) is 0.312. The standard InChI is InChI=1S/C16H15N3O3S/c17-6-10-7-19(8-10)16(22)18-13(15(20)21)5-11-9-23-14-4-2-1-3-12(11)14/h1-4,9-10,13H,5,7-8H2,(H,18,22)(H,20,21). The first-order chi connectivity index (χ1) is 11.1. The molecule has 2 heterocycles.